The van der Waals surface area contributed by atoms with Gasteiger partial charge < -0.3 is 20.1 Å². The molecule has 6 heteroatoms. The molecule has 0 radical (unpaired) electrons. The molecular weight excluding hydrogens is 321 g/mol. The van der Waals surface area contributed by atoms with Crippen molar-refractivity contribution < 1.29 is 13.9 Å². The molecule has 1 rings (SSSR count). The number of methoxy groups -OCH3 is 1. The minimum absolute atomic E-state index is 0.232. The number of halogens is 1. The van der Waals surface area contributed by atoms with Crippen LogP contribution in [0.3, 0.4) is 0 Å². The van der Waals surface area contributed by atoms with E-state index in [1.165, 1.54) is 13.2 Å². The first-order valence-corrected chi connectivity index (χ1v) is 8.97. The summed E-state index contributed by atoms with van der Waals surface area (Å²) in [7, 11) is 1.45. The predicted octanol–water partition coefficient (Wildman–Crippen LogP) is 3.34. The smallest absolute Gasteiger partial charge is 0.191 e. The lowest BCUT2D eigenvalue weighted by Crippen LogP contribution is -2.39. The highest BCUT2D eigenvalue weighted by molar-refractivity contribution is 5.79. The Bertz CT molecular complexity index is 535. The third-order valence-corrected chi connectivity index (χ3v) is 3.83. The molecule has 1 aromatic carbocycles. The van der Waals surface area contributed by atoms with Gasteiger partial charge >= 0.3 is 0 Å². The van der Waals surface area contributed by atoms with E-state index < -0.39 is 0 Å². The normalized spacial score (nSPS) is 13.0. The molecule has 0 saturated heterocycles. The molecule has 0 aliphatic heterocycles. The predicted molar refractivity (Wildman–Crippen MR) is 101 cm³/mol. The van der Waals surface area contributed by atoms with Gasteiger partial charge in [-0.15, -0.1) is 0 Å². The number of ether oxygens (including phenoxy) is 2. The maximum absolute atomic E-state index is 13.7. The lowest BCUT2D eigenvalue weighted by atomic mass is 10.0. The van der Waals surface area contributed by atoms with Gasteiger partial charge in [0, 0.05) is 19.7 Å². The summed E-state index contributed by atoms with van der Waals surface area (Å²) < 4.78 is 24.4. The van der Waals surface area contributed by atoms with E-state index in [9.17, 15) is 4.39 Å². The second kappa shape index (κ2) is 11.7. The zero-order valence-corrected chi connectivity index (χ0v) is 16.1. The molecule has 1 unspecified atom stereocenters. The number of hydrogen-bond donors (Lipinski definition) is 2. The van der Waals surface area contributed by atoms with Crippen molar-refractivity contribution in [3.05, 3.63) is 29.6 Å². The molecule has 0 amide bonds. The summed E-state index contributed by atoms with van der Waals surface area (Å²) in [5.41, 5.74) is 0.796. The average molecular weight is 353 g/mol. The summed E-state index contributed by atoms with van der Waals surface area (Å²) in [6, 6.07) is 4.89. The molecule has 0 fully saturated rings. The van der Waals surface area contributed by atoms with Crippen molar-refractivity contribution in [3.63, 3.8) is 0 Å². The Hall–Kier alpha value is -1.82. The molecule has 0 aromatic heterocycles. The Morgan fingerprint density at radius 2 is 2.00 bits per heavy atom. The van der Waals surface area contributed by atoms with Gasteiger partial charge in [0.1, 0.15) is 0 Å². The van der Waals surface area contributed by atoms with Crippen molar-refractivity contribution in [1.29, 1.82) is 0 Å². The van der Waals surface area contributed by atoms with Gasteiger partial charge in [-0.25, -0.2) is 9.38 Å². The largest absolute Gasteiger partial charge is 0.494 e. The van der Waals surface area contributed by atoms with Gasteiger partial charge in [0.05, 0.1) is 19.8 Å². The van der Waals surface area contributed by atoms with Crippen molar-refractivity contribution in [2.75, 3.05) is 26.8 Å². The Morgan fingerprint density at radius 1 is 1.24 bits per heavy atom. The van der Waals surface area contributed by atoms with Crippen LogP contribution >= 0.6 is 0 Å². The highest BCUT2D eigenvalue weighted by Crippen LogP contribution is 2.18. The van der Waals surface area contributed by atoms with Crippen LogP contribution in [0.4, 0.5) is 4.39 Å². The van der Waals surface area contributed by atoms with Crippen LogP contribution in [0, 0.1) is 11.7 Å². The van der Waals surface area contributed by atoms with Crippen LogP contribution in [-0.4, -0.2) is 38.9 Å². The maximum atomic E-state index is 13.7. The van der Waals surface area contributed by atoms with Crippen molar-refractivity contribution >= 4 is 5.96 Å². The van der Waals surface area contributed by atoms with Crippen LogP contribution in [0.25, 0.3) is 0 Å². The number of guanidine groups is 1. The molecule has 0 aliphatic carbocycles. The highest BCUT2D eigenvalue weighted by Gasteiger charge is 2.13. The Labute approximate surface area is 151 Å². The van der Waals surface area contributed by atoms with Gasteiger partial charge in [-0.1, -0.05) is 19.9 Å². The van der Waals surface area contributed by atoms with E-state index >= 15 is 0 Å². The van der Waals surface area contributed by atoms with Gasteiger partial charge in [0.2, 0.25) is 0 Å². The zero-order chi connectivity index (χ0) is 18.7. The van der Waals surface area contributed by atoms with Crippen molar-refractivity contribution in [3.8, 4) is 5.75 Å². The minimum atomic E-state index is -0.371. The summed E-state index contributed by atoms with van der Waals surface area (Å²) in [4.78, 5) is 4.51. The van der Waals surface area contributed by atoms with E-state index in [0.29, 0.717) is 12.5 Å². The fourth-order valence-corrected chi connectivity index (χ4v) is 2.48. The van der Waals surface area contributed by atoms with E-state index in [1.807, 2.05) is 19.9 Å². The Kier molecular flexibility index (Phi) is 9.92. The topological polar surface area (TPSA) is 54.9 Å². The van der Waals surface area contributed by atoms with Crippen LogP contribution in [0.5, 0.6) is 5.75 Å². The van der Waals surface area contributed by atoms with Crippen LogP contribution in [0.15, 0.2) is 23.2 Å². The van der Waals surface area contributed by atoms with Crippen LogP contribution in [0.2, 0.25) is 0 Å². The number of hydrogen-bond acceptors (Lipinski definition) is 3. The SMILES string of the molecule is CCNC(=NCc1ccc(OC)c(F)c1)NCCC(OCC)C(C)C. The number of aliphatic imine (C=N–C) groups is 1. The third-order valence-electron chi connectivity index (χ3n) is 3.83. The molecule has 0 heterocycles. The van der Waals surface area contributed by atoms with Crippen molar-refractivity contribution in [1.82, 2.24) is 10.6 Å². The first-order chi connectivity index (χ1) is 12.0. The number of rotatable bonds is 10. The third kappa shape index (κ3) is 7.73. The van der Waals surface area contributed by atoms with Crippen LogP contribution in [0.1, 0.15) is 39.7 Å². The molecule has 1 atom stereocenters. The van der Waals surface area contributed by atoms with Crippen molar-refractivity contribution in [2.24, 2.45) is 10.9 Å². The molecule has 1 aromatic rings. The molecule has 0 saturated carbocycles. The molecule has 0 bridgehead atoms. The lowest BCUT2D eigenvalue weighted by molar-refractivity contribution is 0.0258. The second-order valence-corrected chi connectivity index (χ2v) is 6.12. The summed E-state index contributed by atoms with van der Waals surface area (Å²) in [6.45, 7) is 11.0. The van der Waals surface area contributed by atoms with Crippen LogP contribution in [-0.2, 0) is 11.3 Å². The first kappa shape index (κ1) is 21.2. The molecule has 5 nitrogen and oxygen atoms in total. The Morgan fingerprint density at radius 3 is 2.56 bits per heavy atom. The molecule has 0 aliphatic rings. The summed E-state index contributed by atoms with van der Waals surface area (Å²) in [5.74, 6) is 1.07. The lowest BCUT2D eigenvalue weighted by Gasteiger charge is -2.21. The molecule has 25 heavy (non-hydrogen) atoms. The van der Waals surface area contributed by atoms with Gasteiger partial charge in [-0.05, 0) is 43.9 Å². The number of benzene rings is 1. The average Bonchev–Trinajstić information content (AvgIpc) is 2.58. The number of nitrogens with one attached hydrogen (secondary N) is 2. The van der Waals surface area contributed by atoms with E-state index in [2.05, 4.69) is 29.5 Å². The van der Waals surface area contributed by atoms with Gasteiger partial charge in [0.25, 0.3) is 0 Å². The van der Waals surface area contributed by atoms with E-state index in [0.717, 1.165) is 37.6 Å². The fraction of sp³-hybridized carbons (Fsp3) is 0.632. The van der Waals surface area contributed by atoms with Crippen molar-refractivity contribution in [2.45, 2.75) is 46.8 Å². The monoisotopic (exact) mass is 353 g/mol. The summed E-state index contributed by atoms with van der Waals surface area (Å²) >= 11 is 0. The van der Waals surface area contributed by atoms with E-state index in [4.69, 9.17) is 9.47 Å². The Balaban J connectivity index is 2.60. The van der Waals surface area contributed by atoms with Gasteiger partial charge in [-0.3, -0.25) is 0 Å². The molecule has 142 valence electrons. The standard InChI is InChI=1S/C19H32FN3O2/c1-6-21-19(22-11-10-17(14(3)4)25-7-2)23-13-15-8-9-18(24-5)16(20)12-15/h8-9,12,14,17H,6-7,10-11,13H2,1-5H3,(H2,21,22,23). The molecule has 2 N–H and O–H groups in total. The van der Waals surface area contributed by atoms with Gasteiger partial charge in [-0.2, -0.15) is 0 Å². The fourth-order valence-electron chi connectivity index (χ4n) is 2.48. The zero-order valence-electron chi connectivity index (χ0n) is 16.1. The van der Waals surface area contributed by atoms with Crippen LogP contribution < -0.4 is 15.4 Å². The molecule has 0 spiro atoms. The minimum Gasteiger partial charge on any atom is -0.494 e. The number of nitrogens with zero attached hydrogens (tertiary/aromatic N) is 1. The quantitative estimate of drug-likeness (QED) is 0.500. The maximum Gasteiger partial charge on any atom is 0.191 e. The summed E-state index contributed by atoms with van der Waals surface area (Å²) in [5, 5.41) is 6.52. The first-order valence-electron chi connectivity index (χ1n) is 8.97. The molecular formula is C19H32FN3O2. The van der Waals surface area contributed by atoms with E-state index in [1.54, 1.807) is 6.07 Å². The van der Waals surface area contributed by atoms with Gasteiger partial charge in [0.15, 0.2) is 17.5 Å². The second-order valence-electron chi connectivity index (χ2n) is 6.12. The highest BCUT2D eigenvalue weighted by atomic mass is 19.1. The van der Waals surface area contributed by atoms with E-state index in [-0.39, 0.29) is 17.7 Å². The summed E-state index contributed by atoms with van der Waals surface area (Å²) in [6.07, 6.45) is 1.14.